The highest BCUT2D eigenvalue weighted by molar-refractivity contribution is 7.89. The molecule has 11 heteroatoms. The second-order valence-corrected chi connectivity index (χ2v) is 10.3. The lowest BCUT2D eigenvalue weighted by molar-refractivity contribution is -0.133. The molecule has 10 nitrogen and oxygen atoms in total. The lowest BCUT2D eigenvalue weighted by Gasteiger charge is -2.15. The topological polar surface area (TPSA) is 128 Å². The van der Waals surface area contributed by atoms with Crippen molar-refractivity contribution in [2.24, 2.45) is 5.10 Å². The molecule has 0 unspecified atom stereocenters. The summed E-state index contributed by atoms with van der Waals surface area (Å²) in [5, 5.41) is 5.72. The van der Waals surface area contributed by atoms with Crippen LogP contribution < -0.4 is 10.9 Å². The number of nitrogens with one attached hydrogen (secondary N) is 2. The fourth-order valence-electron chi connectivity index (χ4n) is 3.94. The Bertz CT molecular complexity index is 1220. The van der Waals surface area contributed by atoms with E-state index in [1.807, 2.05) is 30.3 Å². The zero-order valence-electron chi connectivity index (χ0n) is 19.1. The van der Waals surface area contributed by atoms with Gasteiger partial charge < -0.3 is 0 Å². The molecule has 2 aliphatic heterocycles. The number of hydrogen-bond donors (Lipinski definition) is 2. The van der Waals surface area contributed by atoms with Gasteiger partial charge in [-0.15, -0.1) is 0 Å². The van der Waals surface area contributed by atoms with E-state index in [-0.39, 0.29) is 29.2 Å². The molecule has 2 heterocycles. The molecule has 3 amide bonds. The maximum Gasteiger partial charge on any atom is 0.269 e. The van der Waals surface area contributed by atoms with Crippen molar-refractivity contribution in [1.29, 1.82) is 0 Å². The van der Waals surface area contributed by atoms with Gasteiger partial charge in [0.15, 0.2) is 0 Å². The molecule has 4 rings (SSSR count). The number of hydrazone groups is 1. The molecule has 0 saturated carbocycles. The van der Waals surface area contributed by atoms with Crippen LogP contribution in [0, 0.1) is 0 Å². The quantitative estimate of drug-likeness (QED) is 0.562. The van der Waals surface area contributed by atoms with E-state index in [0.717, 1.165) is 24.1 Å². The number of hydrazine groups is 1. The first-order chi connectivity index (χ1) is 16.8. The van der Waals surface area contributed by atoms with Crippen molar-refractivity contribution in [3.63, 3.8) is 0 Å². The minimum Gasteiger partial charge on any atom is -0.273 e. The van der Waals surface area contributed by atoms with Gasteiger partial charge in [0, 0.05) is 37.9 Å². The minimum absolute atomic E-state index is 0.0453. The third-order valence-electron chi connectivity index (χ3n) is 5.90. The molecular weight excluding hydrogens is 470 g/mol. The second kappa shape index (κ2) is 10.8. The fraction of sp³-hybridized carbons (Fsp3) is 0.333. The predicted molar refractivity (Wildman–Crippen MR) is 129 cm³/mol. The van der Waals surface area contributed by atoms with Crippen LogP contribution in [0.5, 0.6) is 0 Å². The molecule has 0 spiro atoms. The first-order valence-electron chi connectivity index (χ1n) is 11.5. The van der Waals surface area contributed by atoms with Gasteiger partial charge in [-0.2, -0.15) is 9.41 Å². The third kappa shape index (κ3) is 5.92. The van der Waals surface area contributed by atoms with Crippen LogP contribution in [0.4, 0.5) is 0 Å². The van der Waals surface area contributed by atoms with Crippen molar-refractivity contribution in [3.8, 4) is 0 Å². The van der Waals surface area contributed by atoms with E-state index < -0.39 is 21.8 Å². The van der Waals surface area contributed by atoms with Gasteiger partial charge in [-0.25, -0.2) is 13.4 Å². The fourth-order valence-corrected chi connectivity index (χ4v) is 5.45. The van der Waals surface area contributed by atoms with E-state index in [1.54, 1.807) is 0 Å². The Morgan fingerprint density at radius 1 is 0.857 bits per heavy atom. The number of hydrogen-bond acceptors (Lipinski definition) is 6. The van der Waals surface area contributed by atoms with Crippen molar-refractivity contribution < 1.29 is 22.8 Å². The number of nitrogens with zero attached hydrogens (tertiary/aromatic N) is 3. The Morgan fingerprint density at radius 3 is 2.23 bits per heavy atom. The molecule has 1 fully saturated rings. The maximum absolute atomic E-state index is 12.6. The Labute approximate surface area is 204 Å². The standard InChI is InChI=1S/C24H27N5O5S/c30-22(12-13-23(31)29-17-14-21(27-29)18-6-2-1-3-7-18)25-26-24(32)19-8-10-20(11-9-19)35(33,34)28-15-4-5-16-28/h1-3,6-11H,4-5,12-17H2,(H,25,30)(H,26,32). The Hall–Kier alpha value is -3.57. The van der Waals surface area contributed by atoms with Crippen molar-refractivity contribution in [2.45, 2.75) is 37.0 Å². The van der Waals surface area contributed by atoms with Crippen LogP contribution in [0.25, 0.3) is 0 Å². The molecule has 0 aliphatic carbocycles. The Morgan fingerprint density at radius 2 is 1.54 bits per heavy atom. The molecule has 0 aromatic heterocycles. The average molecular weight is 498 g/mol. The van der Waals surface area contributed by atoms with Gasteiger partial charge in [0.1, 0.15) is 0 Å². The summed E-state index contributed by atoms with van der Waals surface area (Å²) in [4.78, 5) is 36.9. The van der Waals surface area contributed by atoms with Gasteiger partial charge in [0.25, 0.3) is 5.91 Å². The van der Waals surface area contributed by atoms with E-state index >= 15 is 0 Å². The lowest BCUT2D eigenvalue weighted by atomic mass is 10.1. The van der Waals surface area contributed by atoms with Crippen LogP contribution in [0.15, 0.2) is 64.6 Å². The summed E-state index contributed by atoms with van der Waals surface area (Å²) >= 11 is 0. The van der Waals surface area contributed by atoms with Gasteiger partial charge in [-0.3, -0.25) is 25.2 Å². The smallest absolute Gasteiger partial charge is 0.269 e. The molecule has 2 aliphatic rings. The van der Waals surface area contributed by atoms with Crippen molar-refractivity contribution in [1.82, 2.24) is 20.2 Å². The van der Waals surface area contributed by atoms with Gasteiger partial charge in [-0.1, -0.05) is 30.3 Å². The monoisotopic (exact) mass is 497 g/mol. The molecule has 0 atom stereocenters. The van der Waals surface area contributed by atoms with Crippen LogP contribution in [-0.2, 0) is 19.6 Å². The van der Waals surface area contributed by atoms with E-state index in [2.05, 4.69) is 16.0 Å². The van der Waals surface area contributed by atoms with Gasteiger partial charge >= 0.3 is 0 Å². The van der Waals surface area contributed by atoms with Crippen LogP contribution in [-0.4, -0.2) is 60.8 Å². The molecular formula is C24H27N5O5S. The second-order valence-electron chi connectivity index (χ2n) is 8.32. The van der Waals surface area contributed by atoms with Crippen LogP contribution in [0.2, 0.25) is 0 Å². The summed E-state index contributed by atoms with van der Waals surface area (Å²) < 4.78 is 26.6. The summed E-state index contributed by atoms with van der Waals surface area (Å²) in [6.45, 7) is 1.46. The highest BCUT2D eigenvalue weighted by Gasteiger charge is 2.27. The number of benzene rings is 2. The summed E-state index contributed by atoms with van der Waals surface area (Å²) in [5.41, 5.74) is 6.55. The molecule has 35 heavy (non-hydrogen) atoms. The van der Waals surface area contributed by atoms with Gasteiger partial charge in [-0.05, 0) is 42.7 Å². The molecule has 1 saturated heterocycles. The number of sulfonamides is 1. The largest absolute Gasteiger partial charge is 0.273 e. The SMILES string of the molecule is O=C(CCC(=O)N1CCC(c2ccccc2)=N1)NNC(=O)c1ccc(S(=O)(=O)N2CCCC2)cc1. The summed E-state index contributed by atoms with van der Waals surface area (Å²) in [6, 6.07) is 15.1. The Kier molecular flexibility index (Phi) is 7.57. The minimum atomic E-state index is -3.56. The first-order valence-corrected chi connectivity index (χ1v) is 12.9. The van der Waals surface area contributed by atoms with Crippen molar-refractivity contribution >= 4 is 33.5 Å². The first kappa shape index (κ1) is 24.6. The molecule has 2 N–H and O–H groups in total. The predicted octanol–water partition coefficient (Wildman–Crippen LogP) is 1.65. The zero-order valence-corrected chi connectivity index (χ0v) is 20.0. The van der Waals surface area contributed by atoms with E-state index in [4.69, 9.17) is 0 Å². The number of rotatable bonds is 7. The molecule has 2 aromatic rings. The van der Waals surface area contributed by atoms with Crippen LogP contribution in [0.1, 0.15) is 48.0 Å². The van der Waals surface area contributed by atoms with Crippen LogP contribution >= 0.6 is 0 Å². The maximum atomic E-state index is 12.6. The third-order valence-corrected chi connectivity index (χ3v) is 7.81. The van der Waals surface area contributed by atoms with Crippen molar-refractivity contribution in [2.75, 3.05) is 19.6 Å². The van der Waals surface area contributed by atoms with Gasteiger partial charge in [0.2, 0.25) is 21.8 Å². The lowest BCUT2D eigenvalue weighted by Crippen LogP contribution is -2.42. The Balaban J connectivity index is 1.22. The summed E-state index contributed by atoms with van der Waals surface area (Å²) in [5.74, 6) is -1.38. The summed E-state index contributed by atoms with van der Waals surface area (Å²) in [6.07, 6.45) is 2.17. The molecule has 184 valence electrons. The highest BCUT2D eigenvalue weighted by atomic mass is 32.2. The van der Waals surface area contributed by atoms with E-state index in [0.29, 0.717) is 26.1 Å². The summed E-state index contributed by atoms with van der Waals surface area (Å²) in [7, 11) is -3.56. The number of amides is 3. The van der Waals surface area contributed by atoms with Crippen molar-refractivity contribution in [3.05, 3.63) is 65.7 Å². The highest BCUT2D eigenvalue weighted by Crippen LogP contribution is 2.21. The molecule has 2 aromatic carbocycles. The van der Waals surface area contributed by atoms with Gasteiger partial charge in [0.05, 0.1) is 17.2 Å². The average Bonchev–Trinajstić information content (AvgIpc) is 3.60. The zero-order chi connectivity index (χ0) is 24.8. The molecule has 0 bridgehead atoms. The number of carbonyl (C=O) groups is 3. The van der Waals surface area contributed by atoms with E-state index in [1.165, 1.54) is 33.6 Å². The molecule has 0 radical (unpaired) electrons. The van der Waals surface area contributed by atoms with Crippen LogP contribution in [0.3, 0.4) is 0 Å². The number of carbonyl (C=O) groups excluding carboxylic acids is 3. The van der Waals surface area contributed by atoms with E-state index in [9.17, 15) is 22.8 Å². The normalized spacial score (nSPS) is 16.1.